The van der Waals surface area contributed by atoms with E-state index in [0.29, 0.717) is 11.8 Å². The number of rotatable bonds is 4. The van der Waals surface area contributed by atoms with E-state index in [9.17, 15) is 19.3 Å². The quantitative estimate of drug-likeness (QED) is 0.472. The van der Waals surface area contributed by atoms with E-state index >= 15 is 0 Å². The molecule has 4 aliphatic rings. The molecule has 0 aliphatic heterocycles. The molecule has 2 N–H and O–H groups in total. The van der Waals surface area contributed by atoms with Gasteiger partial charge in [0.15, 0.2) is 0 Å². The van der Waals surface area contributed by atoms with Gasteiger partial charge in [-0.3, -0.25) is 4.57 Å². The Hall–Kier alpha value is 0.1000. The van der Waals surface area contributed by atoms with E-state index in [1.165, 1.54) is 6.42 Å². The van der Waals surface area contributed by atoms with E-state index in [2.05, 4.69) is 4.58 Å². The van der Waals surface area contributed by atoms with Crippen LogP contribution in [0.5, 0.6) is 0 Å². The molecule has 0 aromatic heterocycles. The van der Waals surface area contributed by atoms with E-state index in [1.54, 1.807) is 0 Å². The van der Waals surface area contributed by atoms with Crippen LogP contribution in [0.1, 0.15) is 32.1 Å². The summed E-state index contributed by atoms with van der Waals surface area (Å²) < 4.78 is 13.8. The second-order valence-corrected chi connectivity index (χ2v) is 8.99. The molecule has 18 heavy (non-hydrogen) atoms. The maximum atomic E-state index is 11.4. The summed E-state index contributed by atoms with van der Waals surface area (Å²) in [5, 5.41) is 0. The third-order valence-electron chi connectivity index (χ3n) is 5.18. The molecule has 4 bridgehead atoms. The van der Waals surface area contributed by atoms with Crippen LogP contribution in [0.2, 0.25) is 0 Å². The van der Waals surface area contributed by atoms with Crippen LogP contribution in [0.15, 0.2) is 4.58 Å². The van der Waals surface area contributed by atoms with Gasteiger partial charge in [0, 0.05) is 16.5 Å². The Morgan fingerprint density at radius 2 is 1.61 bits per heavy atom. The molecule has 0 aromatic carbocycles. The van der Waals surface area contributed by atoms with Gasteiger partial charge in [-0.15, -0.1) is 4.91 Å². The summed E-state index contributed by atoms with van der Waals surface area (Å²) >= 11 is 0.918. The Labute approximate surface area is 110 Å². The number of hydrogen-bond acceptors (Lipinski definition) is 4. The van der Waals surface area contributed by atoms with Crippen LogP contribution in [0.4, 0.5) is 0 Å². The largest absolute Gasteiger partial charge is 0.327 e. The van der Waals surface area contributed by atoms with Crippen molar-refractivity contribution in [2.24, 2.45) is 28.3 Å². The molecule has 0 unspecified atom stereocenters. The first-order chi connectivity index (χ1) is 8.43. The zero-order valence-corrected chi connectivity index (χ0v) is 11.8. The molecule has 0 saturated heterocycles. The van der Waals surface area contributed by atoms with Crippen molar-refractivity contribution in [3.8, 4) is 0 Å². The first-order valence-corrected chi connectivity index (χ1v) is 9.05. The Morgan fingerprint density at radius 3 is 2.00 bits per heavy atom. The highest BCUT2D eigenvalue weighted by Crippen LogP contribution is 2.65. The molecule has 4 aliphatic carbocycles. The van der Waals surface area contributed by atoms with Gasteiger partial charge in [0.05, 0.1) is 10.9 Å². The lowest BCUT2D eigenvalue weighted by molar-refractivity contribution is -0.00988. The van der Waals surface area contributed by atoms with Crippen LogP contribution in [0.25, 0.3) is 0 Å². The van der Waals surface area contributed by atoms with Crippen LogP contribution in [-0.4, -0.2) is 20.7 Å². The molecule has 0 amide bonds. The minimum Gasteiger partial charge on any atom is -0.324 e. The molecule has 4 rings (SSSR count). The van der Waals surface area contributed by atoms with Crippen LogP contribution in [0.3, 0.4) is 0 Å². The highest BCUT2D eigenvalue weighted by Gasteiger charge is 2.60. The molecular weight excluding hydrogens is 273 g/mol. The van der Waals surface area contributed by atoms with Crippen LogP contribution in [-0.2, 0) is 4.57 Å². The maximum Gasteiger partial charge on any atom is 0.327 e. The second kappa shape index (κ2) is 4.30. The maximum absolute atomic E-state index is 11.4. The monoisotopic (exact) mass is 291 g/mol. The zero-order valence-electron chi connectivity index (χ0n) is 10.1. The fourth-order valence-electron chi connectivity index (χ4n) is 4.81. The topological polar surface area (TPSA) is 87.0 Å². The van der Waals surface area contributed by atoms with Crippen LogP contribution < -0.4 is 0 Å². The van der Waals surface area contributed by atoms with Crippen molar-refractivity contribution in [1.82, 2.24) is 0 Å². The lowest BCUT2D eigenvalue weighted by Crippen LogP contribution is -2.57. The van der Waals surface area contributed by atoms with Gasteiger partial charge in [-0.2, -0.15) is 0 Å². The molecule has 0 atom stereocenters. The van der Waals surface area contributed by atoms with E-state index in [0.717, 1.165) is 37.6 Å². The molecule has 7 heteroatoms. The van der Waals surface area contributed by atoms with Gasteiger partial charge >= 0.3 is 7.60 Å². The summed E-state index contributed by atoms with van der Waals surface area (Å²) in [6.45, 7) is 0. The zero-order chi connectivity index (χ0) is 13.0. The minimum absolute atomic E-state index is 0.175. The molecule has 4 saturated carbocycles. The van der Waals surface area contributed by atoms with Gasteiger partial charge < -0.3 is 9.79 Å². The fraction of sp³-hybridized carbons (Fsp3) is 1.00. The average molecular weight is 291 g/mol. The first kappa shape index (κ1) is 13.1. The van der Waals surface area contributed by atoms with Crippen molar-refractivity contribution in [1.29, 1.82) is 0 Å². The summed E-state index contributed by atoms with van der Waals surface area (Å²) in [4.78, 5) is 29.4. The molecule has 0 spiro atoms. The van der Waals surface area contributed by atoms with Crippen LogP contribution >= 0.6 is 19.5 Å². The molecule has 0 aromatic rings. The molecular formula is C11H18NO4PS. The highest BCUT2D eigenvalue weighted by atomic mass is 32.2. The summed E-state index contributed by atoms with van der Waals surface area (Å²) in [6.07, 6.45) is 5.19. The highest BCUT2D eigenvalue weighted by molar-refractivity contribution is 7.99. The predicted octanol–water partition coefficient (Wildman–Crippen LogP) is 2.77. The fourth-order valence-corrected chi connectivity index (χ4v) is 7.53. The summed E-state index contributed by atoms with van der Waals surface area (Å²) in [7, 11) is -4.11. The predicted molar refractivity (Wildman–Crippen MR) is 70.1 cm³/mol. The van der Waals surface area contributed by atoms with Gasteiger partial charge in [0.1, 0.15) is 0 Å². The SMILES string of the molecule is O=NSC1(CP(=O)(O)O)C2CC3CC(C2)CC1C3. The summed E-state index contributed by atoms with van der Waals surface area (Å²) in [6, 6.07) is 0. The molecule has 0 radical (unpaired) electrons. The van der Waals surface area contributed by atoms with Crippen molar-refractivity contribution in [3.63, 3.8) is 0 Å². The Bertz CT molecular complexity index is 382. The van der Waals surface area contributed by atoms with Crippen molar-refractivity contribution >= 4 is 19.5 Å². The Morgan fingerprint density at radius 1 is 1.11 bits per heavy atom. The minimum atomic E-state index is -4.11. The van der Waals surface area contributed by atoms with Gasteiger partial charge in [-0.1, -0.05) is 0 Å². The molecule has 0 heterocycles. The summed E-state index contributed by atoms with van der Waals surface area (Å²) in [5.74, 6) is 1.96. The Kier molecular flexibility index (Phi) is 3.13. The van der Waals surface area contributed by atoms with E-state index in [-0.39, 0.29) is 18.0 Å². The first-order valence-electron chi connectivity index (χ1n) is 6.48. The third-order valence-corrected chi connectivity index (χ3v) is 7.56. The van der Waals surface area contributed by atoms with Gasteiger partial charge in [-0.25, -0.2) is 0 Å². The van der Waals surface area contributed by atoms with Crippen molar-refractivity contribution in [2.75, 3.05) is 6.16 Å². The van der Waals surface area contributed by atoms with Crippen molar-refractivity contribution in [3.05, 3.63) is 4.91 Å². The van der Waals surface area contributed by atoms with Gasteiger partial charge in [0.25, 0.3) is 0 Å². The van der Waals surface area contributed by atoms with Crippen molar-refractivity contribution < 1.29 is 14.4 Å². The number of nitrogens with zero attached hydrogens (tertiary/aromatic N) is 1. The van der Waals surface area contributed by atoms with Gasteiger partial charge in [0.2, 0.25) is 0 Å². The van der Waals surface area contributed by atoms with Crippen molar-refractivity contribution in [2.45, 2.75) is 36.9 Å². The lowest BCUT2D eigenvalue weighted by atomic mass is 9.52. The lowest BCUT2D eigenvalue weighted by Gasteiger charge is -2.59. The molecule has 4 fully saturated rings. The van der Waals surface area contributed by atoms with E-state index in [4.69, 9.17) is 0 Å². The van der Waals surface area contributed by atoms with E-state index < -0.39 is 12.3 Å². The number of hydrogen-bond donors (Lipinski definition) is 2. The summed E-state index contributed by atoms with van der Waals surface area (Å²) in [5.41, 5.74) is 0. The number of nitroso groups, excluding NO2 is 1. The molecule has 102 valence electrons. The third kappa shape index (κ3) is 2.07. The normalized spacial score (nSPS) is 46.3. The van der Waals surface area contributed by atoms with Gasteiger partial charge in [-0.05, 0) is 55.8 Å². The standard InChI is InChI=1S/C11H18NO4PS/c13-12-18-11(6-17(14,15)16)9-2-7-1-8(4-9)5-10(11)3-7/h7-10H,1-6H2,(H2,14,15,16). The van der Waals surface area contributed by atoms with E-state index in [1.807, 2.05) is 0 Å². The second-order valence-electron chi connectivity index (χ2n) is 6.25. The smallest absolute Gasteiger partial charge is 0.324 e. The molecule has 5 nitrogen and oxygen atoms in total. The average Bonchev–Trinajstić information content (AvgIpc) is 2.23. The Balaban J connectivity index is 1.93. The van der Waals surface area contributed by atoms with Crippen LogP contribution in [0, 0.1) is 28.6 Å².